The lowest BCUT2D eigenvalue weighted by Crippen LogP contribution is -2.20. The summed E-state index contributed by atoms with van der Waals surface area (Å²) in [6, 6.07) is 14.0. The first-order chi connectivity index (χ1) is 10.3. The number of para-hydroxylation sites is 2. The quantitative estimate of drug-likeness (QED) is 0.931. The van der Waals surface area contributed by atoms with Gasteiger partial charge in [-0.3, -0.25) is 0 Å². The molecule has 0 saturated heterocycles. The molecule has 3 rings (SSSR count). The van der Waals surface area contributed by atoms with Crippen molar-refractivity contribution < 1.29 is 14.2 Å². The number of methoxy groups -OCH3 is 2. The summed E-state index contributed by atoms with van der Waals surface area (Å²) < 4.78 is 16.4. The number of anilines is 1. The highest BCUT2D eigenvalue weighted by atomic mass is 16.5. The average molecular weight is 285 g/mol. The Hall–Kier alpha value is -2.36. The van der Waals surface area contributed by atoms with Crippen molar-refractivity contribution in [2.24, 2.45) is 0 Å². The van der Waals surface area contributed by atoms with Gasteiger partial charge in [-0.05, 0) is 30.3 Å². The van der Waals surface area contributed by atoms with E-state index in [0.29, 0.717) is 6.61 Å². The van der Waals surface area contributed by atoms with Crippen molar-refractivity contribution in [2.75, 3.05) is 26.1 Å². The Balaban J connectivity index is 1.91. The highest BCUT2D eigenvalue weighted by molar-refractivity contribution is 5.58. The second-order valence-electron chi connectivity index (χ2n) is 4.94. The molecule has 4 heteroatoms. The molecule has 2 aromatic rings. The summed E-state index contributed by atoms with van der Waals surface area (Å²) in [5.74, 6) is 2.59. The van der Waals surface area contributed by atoms with Gasteiger partial charge in [0.15, 0.2) is 0 Å². The fraction of sp³-hybridized carbons (Fsp3) is 0.294. The van der Waals surface area contributed by atoms with E-state index in [2.05, 4.69) is 5.32 Å². The zero-order valence-corrected chi connectivity index (χ0v) is 12.3. The van der Waals surface area contributed by atoms with Crippen molar-refractivity contribution in [2.45, 2.75) is 12.5 Å². The fourth-order valence-corrected chi connectivity index (χ4v) is 2.60. The number of hydrogen-bond donors (Lipinski definition) is 1. The normalized spacial score (nSPS) is 16.6. The maximum Gasteiger partial charge on any atom is 0.141 e. The van der Waals surface area contributed by atoms with E-state index in [1.54, 1.807) is 14.2 Å². The van der Waals surface area contributed by atoms with Crippen molar-refractivity contribution in [1.82, 2.24) is 0 Å². The number of rotatable bonds is 4. The molecule has 1 aliphatic heterocycles. The summed E-state index contributed by atoms with van der Waals surface area (Å²) in [5, 5.41) is 3.55. The average Bonchev–Trinajstić information content (AvgIpc) is 2.55. The molecule has 4 nitrogen and oxygen atoms in total. The molecule has 1 heterocycles. The third kappa shape index (κ3) is 2.75. The molecule has 1 atom stereocenters. The summed E-state index contributed by atoms with van der Waals surface area (Å²) in [6.45, 7) is 0.701. The number of hydrogen-bond acceptors (Lipinski definition) is 4. The Bertz CT molecular complexity index is 627. The minimum atomic E-state index is 0.181. The first kappa shape index (κ1) is 13.6. The molecule has 0 spiro atoms. The van der Waals surface area contributed by atoms with Gasteiger partial charge in [0, 0.05) is 12.0 Å². The molecule has 1 N–H and O–H groups in total. The van der Waals surface area contributed by atoms with E-state index in [1.807, 2.05) is 42.5 Å². The van der Waals surface area contributed by atoms with Crippen LogP contribution in [0.4, 0.5) is 5.69 Å². The van der Waals surface area contributed by atoms with Gasteiger partial charge < -0.3 is 19.5 Å². The van der Waals surface area contributed by atoms with Gasteiger partial charge in [-0.2, -0.15) is 0 Å². The van der Waals surface area contributed by atoms with Crippen LogP contribution in [0.3, 0.4) is 0 Å². The van der Waals surface area contributed by atoms with E-state index >= 15 is 0 Å². The van der Waals surface area contributed by atoms with Gasteiger partial charge in [0.2, 0.25) is 0 Å². The Morgan fingerprint density at radius 3 is 2.76 bits per heavy atom. The second kappa shape index (κ2) is 5.95. The predicted molar refractivity (Wildman–Crippen MR) is 82.5 cm³/mol. The molecule has 0 bridgehead atoms. The van der Waals surface area contributed by atoms with E-state index < -0.39 is 0 Å². The molecular formula is C17H19NO3. The van der Waals surface area contributed by atoms with Crippen molar-refractivity contribution in [3.05, 3.63) is 48.0 Å². The lowest BCUT2D eigenvalue weighted by Gasteiger charge is -2.28. The van der Waals surface area contributed by atoms with Crippen LogP contribution in [0.5, 0.6) is 17.2 Å². The molecule has 0 amide bonds. The Labute approximate surface area is 124 Å². The Morgan fingerprint density at radius 1 is 1.10 bits per heavy atom. The van der Waals surface area contributed by atoms with Crippen LogP contribution in [0.25, 0.3) is 0 Å². The van der Waals surface area contributed by atoms with Crippen molar-refractivity contribution >= 4 is 5.69 Å². The summed E-state index contributed by atoms with van der Waals surface area (Å²) in [7, 11) is 3.36. The maximum absolute atomic E-state index is 5.72. The third-order valence-electron chi connectivity index (χ3n) is 3.69. The third-order valence-corrected chi connectivity index (χ3v) is 3.69. The highest BCUT2D eigenvalue weighted by Gasteiger charge is 2.22. The van der Waals surface area contributed by atoms with Gasteiger partial charge in [-0.15, -0.1) is 0 Å². The van der Waals surface area contributed by atoms with Crippen LogP contribution in [-0.2, 0) is 0 Å². The van der Waals surface area contributed by atoms with Crippen LogP contribution in [0.2, 0.25) is 0 Å². The molecule has 0 aliphatic carbocycles. The van der Waals surface area contributed by atoms with Gasteiger partial charge in [-0.25, -0.2) is 0 Å². The summed E-state index contributed by atoms with van der Waals surface area (Å²) >= 11 is 0. The SMILES string of the molecule is COc1ccc2c(c1)C(Nc1ccccc1OC)CCO2. The zero-order chi connectivity index (χ0) is 14.7. The molecule has 1 aliphatic rings. The maximum atomic E-state index is 5.72. The van der Waals surface area contributed by atoms with Gasteiger partial charge in [0.25, 0.3) is 0 Å². The Morgan fingerprint density at radius 2 is 1.95 bits per heavy atom. The van der Waals surface area contributed by atoms with E-state index in [9.17, 15) is 0 Å². The van der Waals surface area contributed by atoms with Crippen LogP contribution >= 0.6 is 0 Å². The highest BCUT2D eigenvalue weighted by Crippen LogP contribution is 2.38. The lowest BCUT2D eigenvalue weighted by molar-refractivity contribution is 0.273. The minimum absolute atomic E-state index is 0.181. The Kier molecular flexibility index (Phi) is 3.86. The molecule has 2 aromatic carbocycles. The second-order valence-corrected chi connectivity index (χ2v) is 4.94. The first-order valence-electron chi connectivity index (χ1n) is 7.02. The van der Waals surface area contributed by atoms with E-state index in [1.165, 1.54) is 0 Å². The number of ether oxygens (including phenoxy) is 3. The molecule has 0 aromatic heterocycles. The summed E-state index contributed by atoms with van der Waals surface area (Å²) in [4.78, 5) is 0. The van der Waals surface area contributed by atoms with Gasteiger partial charge in [0.05, 0.1) is 32.6 Å². The van der Waals surface area contributed by atoms with Crippen molar-refractivity contribution in [1.29, 1.82) is 0 Å². The van der Waals surface area contributed by atoms with Gasteiger partial charge in [-0.1, -0.05) is 12.1 Å². The molecule has 21 heavy (non-hydrogen) atoms. The molecule has 110 valence electrons. The zero-order valence-electron chi connectivity index (χ0n) is 12.3. The van der Waals surface area contributed by atoms with Gasteiger partial charge >= 0.3 is 0 Å². The number of fused-ring (bicyclic) bond motifs is 1. The van der Waals surface area contributed by atoms with Crippen LogP contribution in [0.1, 0.15) is 18.0 Å². The minimum Gasteiger partial charge on any atom is -0.497 e. The number of benzene rings is 2. The predicted octanol–water partition coefficient (Wildman–Crippen LogP) is 3.64. The molecule has 0 fully saturated rings. The smallest absolute Gasteiger partial charge is 0.141 e. The molecule has 0 saturated carbocycles. The van der Waals surface area contributed by atoms with Crippen molar-refractivity contribution in [3.63, 3.8) is 0 Å². The molecule has 1 unspecified atom stereocenters. The van der Waals surface area contributed by atoms with Crippen molar-refractivity contribution in [3.8, 4) is 17.2 Å². The van der Waals surface area contributed by atoms with E-state index in [0.717, 1.165) is 34.9 Å². The molecular weight excluding hydrogens is 266 g/mol. The first-order valence-corrected chi connectivity index (χ1v) is 7.02. The fourth-order valence-electron chi connectivity index (χ4n) is 2.60. The van der Waals surface area contributed by atoms with Gasteiger partial charge in [0.1, 0.15) is 17.2 Å². The van der Waals surface area contributed by atoms with Crippen LogP contribution in [0, 0.1) is 0 Å². The standard InChI is InChI=1S/C17H19NO3/c1-19-12-7-8-16-13(11-12)14(9-10-21-16)18-15-5-3-4-6-17(15)20-2/h3-8,11,14,18H,9-10H2,1-2H3. The van der Waals surface area contributed by atoms with Crippen LogP contribution < -0.4 is 19.5 Å². The van der Waals surface area contributed by atoms with E-state index in [4.69, 9.17) is 14.2 Å². The monoisotopic (exact) mass is 285 g/mol. The van der Waals surface area contributed by atoms with E-state index in [-0.39, 0.29) is 6.04 Å². The molecule has 0 radical (unpaired) electrons. The largest absolute Gasteiger partial charge is 0.497 e. The topological polar surface area (TPSA) is 39.7 Å². The van der Waals surface area contributed by atoms with Crippen LogP contribution in [0.15, 0.2) is 42.5 Å². The number of nitrogens with one attached hydrogen (secondary N) is 1. The summed E-state index contributed by atoms with van der Waals surface area (Å²) in [5.41, 5.74) is 2.10. The summed E-state index contributed by atoms with van der Waals surface area (Å²) in [6.07, 6.45) is 0.901. The van der Waals surface area contributed by atoms with Crippen LogP contribution in [-0.4, -0.2) is 20.8 Å². The lowest BCUT2D eigenvalue weighted by atomic mass is 9.99.